The summed E-state index contributed by atoms with van der Waals surface area (Å²) >= 11 is 3.66. The fourth-order valence-corrected chi connectivity index (χ4v) is 2.09. The molecule has 0 aromatic rings. The Hall–Kier alpha value is -0.671. The van der Waals surface area contributed by atoms with Crippen LogP contribution in [0.5, 0.6) is 0 Å². The van der Waals surface area contributed by atoms with E-state index in [0.29, 0.717) is 17.3 Å². The third-order valence-corrected chi connectivity index (χ3v) is 3.66. The summed E-state index contributed by atoms with van der Waals surface area (Å²) in [5.41, 5.74) is 0. The zero-order valence-corrected chi connectivity index (χ0v) is 14.4. The van der Waals surface area contributed by atoms with Gasteiger partial charge in [-0.15, -0.1) is 0 Å². The van der Waals surface area contributed by atoms with Crippen LogP contribution in [0.2, 0.25) is 0 Å². The van der Waals surface area contributed by atoms with Gasteiger partial charge in [0.25, 0.3) is 0 Å². The molecule has 0 radical (unpaired) electrons. The molecule has 0 saturated heterocycles. The minimum atomic E-state index is -0.633. The first-order valence-corrected chi connectivity index (χ1v) is 8.58. The monoisotopic (exact) mass is 340 g/mol. The van der Waals surface area contributed by atoms with Crippen molar-refractivity contribution in [2.45, 2.75) is 84.5 Å². The molecule has 0 aliphatic carbocycles. The molecule has 0 aromatic heterocycles. The van der Waals surface area contributed by atoms with E-state index in [1.165, 1.54) is 12.8 Å². The van der Waals surface area contributed by atoms with Crippen LogP contribution in [-0.2, 0) is 34.9 Å². The second-order valence-corrected chi connectivity index (χ2v) is 5.86. The molecule has 0 unspecified atom stereocenters. The zero-order valence-electron chi connectivity index (χ0n) is 13.3. The van der Waals surface area contributed by atoms with Gasteiger partial charge in [-0.3, -0.25) is 0 Å². The molecule has 0 amide bonds. The molecule has 0 rings (SSSR count). The zero-order chi connectivity index (χ0) is 15.9. The number of hydrogen-bond acceptors (Lipinski definition) is 4. The van der Waals surface area contributed by atoms with Crippen LogP contribution in [0.1, 0.15) is 84.5 Å². The van der Waals surface area contributed by atoms with E-state index in [4.69, 9.17) is 0 Å². The first kappa shape index (κ1) is 20.3. The van der Waals surface area contributed by atoms with Gasteiger partial charge in [-0.05, 0) is 0 Å². The summed E-state index contributed by atoms with van der Waals surface area (Å²) in [5.74, 6) is -1.12. The molecule has 0 spiro atoms. The Morgan fingerprint density at radius 1 is 0.762 bits per heavy atom. The second-order valence-electron chi connectivity index (χ2n) is 5.19. The van der Waals surface area contributed by atoms with Gasteiger partial charge in [-0.25, -0.2) is 0 Å². The fraction of sp³-hybridized carbons (Fsp3) is 0.812. The molecule has 0 heterocycles. The van der Waals surface area contributed by atoms with Crippen molar-refractivity contribution in [3.05, 3.63) is 0 Å². The van der Waals surface area contributed by atoms with Gasteiger partial charge in [-0.1, -0.05) is 0 Å². The van der Waals surface area contributed by atoms with E-state index in [-0.39, 0.29) is 0 Å². The molecule has 124 valence electrons. The minimum absolute atomic E-state index is 0.292. The van der Waals surface area contributed by atoms with Gasteiger partial charge in [-0.2, -0.15) is 0 Å². The Morgan fingerprint density at radius 2 is 1.29 bits per heavy atom. The summed E-state index contributed by atoms with van der Waals surface area (Å²) in [5, 5.41) is 0. The van der Waals surface area contributed by atoms with Crippen molar-refractivity contribution in [3.8, 4) is 0 Å². The molecule has 0 aliphatic heterocycles. The number of hydrogen-bond donors (Lipinski definition) is 0. The van der Waals surface area contributed by atoms with E-state index >= 15 is 0 Å². The summed E-state index contributed by atoms with van der Waals surface area (Å²) in [4.78, 5) is 31.9. The van der Waals surface area contributed by atoms with Crippen LogP contribution in [0.3, 0.4) is 0 Å². The number of unbranched alkanes of at least 4 members (excludes halogenated alkanes) is 7. The van der Waals surface area contributed by atoms with Crippen LogP contribution in [0, 0.1) is 0 Å². The maximum absolute atomic E-state index is 11.5. The molecule has 4 nitrogen and oxygen atoms in total. The molecule has 0 bridgehead atoms. The van der Waals surface area contributed by atoms with Crippen LogP contribution in [-0.4, -0.2) is 16.4 Å². The second kappa shape index (κ2) is 14.3. The molecule has 21 heavy (non-hydrogen) atoms. The van der Waals surface area contributed by atoms with Crippen LogP contribution in [0.4, 0.5) is 0 Å². The molecule has 0 N–H and O–H groups in total. The molecule has 0 atom stereocenters. The average Bonchev–Trinajstić information content (AvgIpc) is 2.48. The number of carbonyl (C=O) groups excluding carboxylic acids is 2. The Kier molecular flexibility index (Phi) is 13.8. The fourth-order valence-electron chi connectivity index (χ4n) is 1.85. The van der Waals surface area contributed by atoms with Crippen molar-refractivity contribution in [1.82, 2.24) is 0 Å². The van der Waals surface area contributed by atoms with Gasteiger partial charge in [0, 0.05) is 0 Å². The molecule has 0 saturated carbocycles. The maximum atomic E-state index is 11.5. The van der Waals surface area contributed by atoms with Gasteiger partial charge >= 0.3 is 136 Å². The molecule has 0 fully saturated rings. The molecule has 0 aliphatic rings. The topological polar surface area (TPSA) is 52.6 Å². The summed E-state index contributed by atoms with van der Waals surface area (Å²) in [6.45, 7) is 4.27. The molecule has 5 heteroatoms. The van der Waals surface area contributed by atoms with E-state index in [2.05, 4.69) is 39.2 Å². The summed E-state index contributed by atoms with van der Waals surface area (Å²) in [6.07, 6.45) is 10.4. The van der Waals surface area contributed by atoms with Gasteiger partial charge < -0.3 is 0 Å². The van der Waals surface area contributed by atoms with E-state index in [1.807, 2.05) is 0 Å². The Balaban J connectivity index is 3.61. The van der Waals surface area contributed by atoms with Gasteiger partial charge in [0.15, 0.2) is 0 Å². The van der Waals surface area contributed by atoms with Gasteiger partial charge in [0.1, 0.15) is 0 Å². The third-order valence-electron chi connectivity index (χ3n) is 3.15. The van der Waals surface area contributed by atoms with Gasteiger partial charge in [0.2, 0.25) is 0 Å². The Morgan fingerprint density at radius 3 is 1.90 bits per heavy atom. The predicted octanol–water partition coefficient (Wildman–Crippen LogP) is 4.04. The number of rotatable bonds is 12. The first-order valence-electron chi connectivity index (χ1n) is 8.03. The Labute approximate surface area is 136 Å². The van der Waals surface area contributed by atoms with E-state index in [1.54, 1.807) is 0 Å². The van der Waals surface area contributed by atoms with E-state index in [9.17, 15) is 9.59 Å². The van der Waals surface area contributed by atoms with Crippen molar-refractivity contribution in [3.63, 3.8) is 0 Å². The quantitative estimate of drug-likeness (QED) is 0.233. The van der Waals surface area contributed by atoms with E-state index < -0.39 is 11.9 Å². The summed E-state index contributed by atoms with van der Waals surface area (Å²) in [6, 6.07) is 0. The standard InChI is InChI=1S/C16H28O4.Fe/c1-3-5-7-9-11-13-15(17)19-20-16(18)14-12-10-8-6-4-2;/h3-13H2,1-2H3;. The molecular formula is C16H28FeO4. The van der Waals surface area contributed by atoms with Crippen molar-refractivity contribution >= 4 is 16.4 Å². The van der Waals surface area contributed by atoms with Crippen molar-refractivity contribution in [1.29, 1.82) is 0 Å². The average molecular weight is 340 g/mol. The van der Waals surface area contributed by atoms with Gasteiger partial charge in [0.05, 0.1) is 0 Å². The SMILES string of the molecule is CCCCCCCC(=O)OOC(=O)[C](=[Fe])CCCCCC. The van der Waals surface area contributed by atoms with Crippen molar-refractivity contribution in [2.24, 2.45) is 0 Å². The Bertz CT molecular complexity index is 315. The first-order chi connectivity index (χ1) is 10.1. The van der Waals surface area contributed by atoms with Crippen LogP contribution in [0.15, 0.2) is 0 Å². The van der Waals surface area contributed by atoms with Crippen LogP contribution >= 0.6 is 0 Å². The van der Waals surface area contributed by atoms with E-state index in [0.717, 1.165) is 44.9 Å². The summed E-state index contributed by atoms with van der Waals surface area (Å²) < 4.78 is 0.363. The molecule has 0 aromatic carbocycles. The summed E-state index contributed by atoms with van der Waals surface area (Å²) in [7, 11) is 0. The molecular weight excluding hydrogens is 312 g/mol. The van der Waals surface area contributed by atoms with Crippen LogP contribution in [0.25, 0.3) is 0 Å². The third kappa shape index (κ3) is 12.8. The van der Waals surface area contributed by atoms with Crippen molar-refractivity contribution < 1.29 is 34.9 Å². The number of carbonyl (C=O) groups is 2. The van der Waals surface area contributed by atoms with Crippen molar-refractivity contribution in [2.75, 3.05) is 0 Å². The normalized spacial score (nSPS) is 10.2. The van der Waals surface area contributed by atoms with Crippen LogP contribution < -0.4 is 0 Å². The predicted molar refractivity (Wildman–Crippen MR) is 79.3 cm³/mol.